The molecule has 2 unspecified atom stereocenters. The molecule has 0 aromatic carbocycles. The summed E-state index contributed by atoms with van der Waals surface area (Å²) < 4.78 is 0. The minimum absolute atomic E-state index is 0.478. The highest BCUT2D eigenvalue weighted by Gasteiger charge is 2.41. The van der Waals surface area contributed by atoms with Gasteiger partial charge < -0.3 is 10.6 Å². The van der Waals surface area contributed by atoms with Crippen LogP contribution in [-0.2, 0) is 0 Å². The molecule has 0 amide bonds. The van der Waals surface area contributed by atoms with Gasteiger partial charge in [0.05, 0.1) is 0 Å². The van der Waals surface area contributed by atoms with Gasteiger partial charge in [0.25, 0.3) is 0 Å². The molecule has 0 aromatic rings. The molecular weight excluding hydrogens is 234 g/mol. The van der Waals surface area contributed by atoms with Gasteiger partial charge in [0.1, 0.15) is 0 Å². The van der Waals surface area contributed by atoms with E-state index in [2.05, 4.69) is 16.7 Å². The molecule has 19 heavy (non-hydrogen) atoms. The van der Waals surface area contributed by atoms with Crippen LogP contribution < -0.4 is 5.73 Å². The monoisotopic (exact) mass is 265 g/mol. The third-order valence-corrected chi connectivity index (χ3v) is 5.59. The average Bonchev–Trinajstić information content (AvgIpc) is 2.39. The molecule has 110 valence electrons. The Balaban J connectivity index is 1.60. The SMILES string of the molecule is CCCN1CCC(N2C3CCCC2CC(N)C3)CC1. The van der Waals surface area contributed by atoms with Crippen molar-refractivity contribution in [2.24, 2.45) is 5.73 Å². The van der Waals surface area contributed by atoms with Crippen molar-refractivity contribution < 1.29 is 0 Å². The number of rotatable bonds is 3. The van der Waals surface area contributed by atoms with Crippen LogP contribution in [0.2, 0.25) is 0 Å². The zero-order valence-corrected chi connectivity index (χ0v) is 12.6. The fourth-order valence-electron chi connectivity index (χ4n) is 4.81. The minimum Gasteiger partial charge on any atom is -0.328 e. The Kier molecular flexibility index (Phi) is 4.45. The zero-order chi connectivity index (χ0) is 13.2. The normalized spacial score (nSPS) is 38.5. The van der Waals surface area contributed by atoms with E-state index in [1.165, 1.54) is 71.0 Å². The zero-order valence-electron chi connectivity index (χ0n) is 12.6. The summed E-state index contributed by atoms with van der Waals surface area (Å²) >= 11 is 0. The molecule has 3 heterocycles. The Hall–Kier alpha value is -0.120. The lowest BCUT2D eigenvalue weighted by Gasteiger charge is -2.53. The van der Waals surface area contributed by atoms with Gasteiger partial charge >= 0.3 is 0 Å². The van der Waals surface area contributed by atoms with E-state index in [-0.39, 0.29) is 0 Å². The Labute approximate surface area is 118 Å². The van der Waals surface area contributed by atoms with Gasteiger partial charge in [-0.05, 0) is 64.6 Å². The molecular formula is C16H31N3. The van der Waals surface area contributed by atoms with Gasteiger partial charge in [-0.15, -0.1) is 0 Å². The van der Waals surface area contributed by atoms with E-state index in [0.717, 1.165) is 18.1 Å². The average molecular weight is 265 g/mol. The Bertz CT molecular complexity index is 272. The van der Waals surface area contributed by atoms with Crippen molar-refractivity contribution in [1.29, 1.82) is 0 Å². The summed E-state index contributed by atoms with van der Waals surface area (Å²) in [5, 5.41) is 0. The smallest absolute Gasteiger partial charge is 0.0125 e. The first-order valence-electron chi connectivity index (χ1n) is 8.53. The summed E-state index contributed by atoms with van der Waals surface area (Å²) in [6.45, 7) is 6.23. The summed E-state index contributed by atoms with van der Waals surface area (Å²) in [4.78, 5) is 5.57. The van der Waals surface area contributed by atoms with Crippen LogP contribution in [0.15, 0.2) is 0 Å². The molecule has 3 saturated heterocycles. The second-order valence-electron chi connectivity index (χ2n) is 6.99. The molecule has 3 aliphatic rings. The molecule has 0 radical (unpaired) electrons. The maximum Gasteiger partial charge on any atom is 0.0125 e. The largest absolute Gasteiger partial charge is 0.328 e. The van der Waals surface area contributed by atoms with Crippen molar-refractivity contribution in [2.75, 3.05) is 19.6 Å². The van der Waals surface area contributed by atoms with Gasteiger partial charge in [0.2, 0.25) is 0 Å². The molecule has 0 saturated carbocycles. The predicted molar refractivity (Wildman–Crippen MR) is 80.2 cm³/mol. The third kappa shape index (κ3) is 2.98. The van der Waals surface area contributed by atoms with E-state index in [1.54, 1.807) is 0 Å². The Morgan fingerprint density at radius 2 is 1.58 bits per heavy atom. The molecule has 3 fully saturated rings. The highest BCUT2D eigenvalue weighted by atomic mass is 15.3. The molecule has 3 rings (SSSR count). The van der Waals surface area contributed by atoms with Gasteiger partial charge in [-0.3, -0.25) is 4.90 Å². The molecule has 3 nitrogen and oxygen atoms in total. The lowest BCUT2D eigenvalue weighted by molar-refractivity contribution is -0.0262. The van der Waals surface area contributed by atoms with Gasteiger partial charge in [0, 0.05) is 24.2 Å². The maximum absolute atomic E-state index is 6.24. The van der Waals surface area contributed by atoms with E-state index >= 15 is 0 Å². The van der Waals surface area contributed by atoms with Gasteiger partial charge in [-0.25, -0.2) is 0 Å². The highest BCUT2D eigenvalue weighted by Crippen LogP contribution is 2.37. The standard InChI is InChI=1S/C16H31N3/c1-2-8-18-9-6-14(7-10-18)19-15-4-3-5-16(19)12-13(17)11-15/h13-16H,2-12,17H2,1H3. The molecule has 2 bridgehead atoms. The molecule has 0 aliphatic carbocycles. The topological polar surface area (TPSA) is 32.5 Å². The van der Waals surface area contributed by atoms with E-state index in [9.17, 15) is 0 Å². The Morgan fingerprint density at radius 1 is 0.947 bits per heavy atom. The molecule has 3 aliphatic heterocycles. The second-order valence-corrected chi connectivity index (χ2v) is 6.99. The van der Waals surface area contributed by atoms with E-state index in [4.69, 9.17) is 5.73 Å². The predicted octanol–water partition coefficient (Wildman–Crippen LogP) is 2.21. The van der Waals surface area contributed by atoms with Crippen molar-refractivity contribution in [3.63, 3.8) is 0 Å². The lowest BCUT2D eigenvalue weighted by Crippen LogP contribution is -2.60. The van der Waals surface area contributed by atoms with Gasteiger partial charge in [-0.2, -0.15) is 0 Å². The number of hydrogen-bond donors (Lipinski definition) is 1. The van der Waals surface area contributed by atoms with Crippen LogP contribution in [0.5, 0.6) is 0 Å². The number of likely N-dealkylation sites (tertiary alicyclic amines) is 1. The first-order valence-corrected chi connectivity index (χ1v) is 8.53. The summed E-state index contributed by atoms with van der Waals surface area (Å²) in [5.41, 5.74) is 6.24. The number of hydrogen-bond acceptors (Lipinski definition) is 3. The van der Waals surface area contributed by atoms with E-state index < -0.39 is 0 Å². The quantitative estimate of drug-likeness (QED) is 0.849. The first kappa shape index (κ1) is 13.8. The van der Waals surface area contributed by atoms with Crippen molar-refractivity contribution >= 4 is 0 Å². The van der Waals surface area contributed by atoms with Crippen LogP contribution in [0, 0.1) is 0 Å². The van der Waals surface area contributed by atoms with Crippen LogP contribution in [0.3, 0.4) is 0 Å². The van der Waals surface area contributed by atoms with Crippen molar-refractivity contribution in [3.05, 3.63) is 0 Å². The van der Waals surface area contributed by atoms with Crippen LogP contribution in [0.1, 0.15) is 58.3 Å². The highest BCUT2D eigenvalue weighted by molar-refractivity contribution is 4.97. The molecule has 3 heteroatoms. The number of nitrogens with two attached hydrogens (primary N) is 1. The number of fused-ring (bicyclic) bond motifs is 2. The molecule has 0 aromatic heterocycles. The molecule has 2 atom stereocenters. The Morgan fingerprint density at radius 3 is 2.16 bits per heavy atom. The fraction of sp³-hybridized carbons (Fsp3) is 1.00. The summed E-state index contributed by atoms with van der Waals surface area (Å²) in [6.07, 6.45) is 10.8. The van der Waals surface area contributed by atoms with Crippen LogP contribution in [0.25, 0.3) is 0 Å². The van der Waals surface area contributed by atoms with Crippen LogP contribution in [-0.4, -0.2) is 53.6 Å². The van der Waals surface area contributed by atoms with Gasteiger partial charge in [0.15, 0.2) is 0 Å². The van der Waals surface area contributed by atoms with Gasteiger partial charge in [-0.1, -0.05) is 13.3 Å². The van der Waals surface area contributed by atoms with Crippen LogP contribution in [0.4, 0.5) is 0 Å². The fourth-order valence-corrected chi connectivity index (χ4v) is 4.81. The summed E-state index contributed by atoms with van der Waals surface area (Å²) in [7, 11) is 0. The van der Waals surface area contributed by atoms with Crippen molar-refractivity contribution in [2.45, 2.75) is 82.5 Å². The second kappa shape index (κ2) is 6.11. The molecule has 2 N–H and O–H groups in total. The minimum atomic E-state index is 0.478. The maximum atomic E-state index is 6.24. The number of piperidine rings is 3. The van der Waals surface area contributed by atoms with E-state index in [0.29, 0.717) is 6.04 Å². The van der Waals surface area contributed by atoms with Crippen molar-refractivity contribution in [3.8, 4) is 0 Å². The van der Waals surface area contributed by atoms with E-state index in [1.807, 2.05) is 0 Å². The van der Waals surface area contributed by atoms with Crippen molar-refractivity contribution in [1.82, 2.24) is 9.80 Å². The molecule has 0 spiro atoms. The summed E-state index contributed by atoms with van der Waals surface area (Å²) in [6, 6.07) is 2.96. The third-order valence-electron chi connectivity index (χ3n) is 5.59. The number of nitrogens with zero attached hydrogens (tertiary/aromatic N) is 2. The van der Waals surface area contributed by atoms with Crippen LogP contribution >= 0.6 is 0 Å². The first-order chi connectivity index (χ1) is 9.28. The summed E-state index contributed by atoms with van der Waals surface area (Å²) in [5.74, 6) is 0. The lowest BCUT2D eigenvalue weighted by atomic mass is 9.80.